The summed E-state index contributed by atoms with van der Waals surface area (Å²) in [4.78, 5) is 12.4. The molecule has 2 unspecified atom stereocenters. The number of benzene rings is 1. The Morgan fingerprint density at radius 2 is 1.92 bits per heavy atom. The summed E-state index contributed by atoms with van der Waals surface area (Å²) in [6.45, 7) is 5.48. The van der Waals surface area contributed by atoms with Gasteiger partial charge in [0.2, 0.25) is 0 Å². The second kappa shape index (κ2) is 4.91. The molecule has 4 rings (SSSR count). The molecule has 0 aliphatic carbocycles. The Balaban J connectivity index is 2.01. The van der Waals surface area contributed by atoms with E-state index in [1.807, 2.05) is 6.92 Å². The first-order valence-corrected chi connectivity index (χ1v) is 7.69. The lowest BCUT2D eigenvalue weighted by molar-refractivity contribution is -0.0641. The molecule has 0 saturated carbocycles. The molecule has 2 atom stereocenters. The Morgan fingerprint density at radius 1 is 1.21 bits per heavy atom. The van der Waals surface area contributed by atoms with Crippen LogP contribution >= 0.6 is 0 Å². The van der Waals surface area contributed by atoms with Crippen LogP contribution in [-0.4, -0.2) is 31.7 Å². The first-order valence-electron chi connectivity index (χ1n) is 7.69. The minimum absolute atomic E-state index is 0.188. The van der Waals surface area contributed by atoms with Crippen LogP contribution in [0.1, 0.15) is 31.0 Å². The van der Waals surface area contributed by atoms with Gasteiger partial charge in [0.1, 0.15) is 28.5 Å². The van der Waals surface area contributed by atoms with Crippen molar-refractivity contribution >= 4 is 11.0 Å². The third-order valence-corrected chi connectivity index (χ3v) is 4.47. The zero-order valence-electron chi connectivity index (χ0n) is 13.6. The Bertz CT molecular complexity index is 989. The van der Waals surface area contributed by atoms with E-state index in [2.05, 4.69) is 10.3 Å². The fourth-order valence-electron chi connectivity index (χ4n) is 3.18. The topological polar surface area (TPSA) is 90.4 Å². The Labute approximate surface area is 137 Å². The fraction of sp³-hybridized carbons (Fsp3) is 0.353. The zero-order valence-corrected chi connectivity index (χ0v) is 13.6. The molecule has 0 saturated heterocycles. The summed E-state index contributed by atoms with van der Waals surface area (Å²) in [5, 5.41) is 18.6. The van der Waals surface area contributed by atoms with Crippen LogP contribution in [0.2, 0.25) is 0 Å². The summed E-state index contributed by atoms with van der Waals surface area (Å²) in [5.41, 5.74) is 1.67. The highest BCUT2D eigenvalue weighted by Crippen LogP contribution is 2.42. The molecule has 0 amide bonds. The number of aliphatic hydroxyl groups excluding tert-OH is 1. The summed E-state index contributed by atoms with van der Waals surface area (Å²) in [5.74, 6) is 0.562. The first-order chi connectivity index (χ1) is 11.4. The maximum atomic E-state index is 12.4. The highest BCUT2D eigenvalue weighted by atomic mass is 16.6. The van der Waals surface area contributed by atoms with Gasteiger partial charge in [-0.3, -0.25) is 4.79 Å². The predicted octanol–water partition coefficient (Wildman–Crippen LogP) is 1.81. The van der Waals surface area contributed by atoms with Crippen molar-refractivity contribution in [3.8, 4) is 5.75 Å². The molecule has 7 nitrogen and oxygen atoms in total. The highest BCUT2D eigenvalue weighted by Gasteiger charge is 2.44. The van der Waals surface area contributed by atoms with Crippen LogP contribution in [0.3, 0.4) is 0 Å². The number of rotatable bonds is 1. The van der Waals surface area contributed by atoms with E-state index in [-0.39, 0.29) is 5.56 Å². The molecule has 2 aromatic heterocycles. The fourth-order valence-corrected chi connectivity index (χ4v) is 3.18. The lowest BCUT2D eigenvalue weighted by Crippen LogP contribution is -2.52. The molecule has 1 N–H and O–H groups in total. The summed E-state index contributed by atoms with van der Waals surface area (Å²) in [6, 6.07) is 6.14. The molecule has 7 heteroatoms. The summed E-state index contributed by atoms with van der Waals surface area (Å²) in [6.07, 6.45) is 0.828. The molecule has 124 valence electrons. The molecule has 24 heavy (non-hydrogen) atoms. The largest absolute Gasteiger partial charge is 0.485 e. The number of fused-ring (bicyclic) bond motifs is 2. The van der Waals surface area contributed by atoms with E-state index in [4.69, 9.17) is 9.37 Å². The smallest absolute Gasteiger partial charge is 0.251 e. The van der Waals surface area contributed by atoms with E-state index in [1.54, 1.807) is 42.8 Å². The van der Waals surface area contributed by atoms with Gasteiger partial charge in [0.15, 0.2) is 0 Å². The van der Waals surface area contributed by atoms with Gasteiger partial charge in [-0.25, -0.2) is 4.63 Å². The quantitative estimate of drug-likeness (QED) is 0.733. The standard InChI is InChI=1S/C17H17N3O4/c1-9-4-5-14(21)20(8-9)15-10-6-11-12(19-24-18-11)7-13(10)23-17(2,3)16(15)22/h4-8,15-16,22H,1-3H3. The van der Waals surface area contributed by atoms with Crippen molar-refractivity contribution < 1.29 is 14.5 Å². The molecular formula is C17H17N3O4. The number of aliphatic hydroxyl groups is 1. The van der Waals surface area contributed by atoms with Gasteiger partial charge in [-0.1, -0.05) is 6.07 Å². The molecule has 0 fully saturated rings. The monoisotopic (exact) mass is 327 g/mol. The third kappa shape index (κ3) is 2.12. The van der Waals surface area contributed by atoms with Gasteiger partial charge in [-0.05, 0) is 42.7 Å². The van der Waals surface area contributed by atoms with Gasteiger partial charge >= 0.3 is 0 Å². The molecule has 0 radical (unpaired) electrons. The van der Waals surface area contributed by atoms with Gasteiger partial charge in [0, 0.05) is 23.9 Å². The van der Waals surface area contributed by atoms with E-state index in [1.165, 1.54) is 6.07 Å². The third-order valence-electron chi connectivity index (χ3n) is 4.47. The lowest BCUT2D eigenvalue weighted by Gasteiger charge is -2.42. The molecule has 1 aliphatic rings. The summed E-state index contributed by atoms with van der Waals surface area (Å²) < 4.78 is 12.3. The van der Waals surface area contributed by atoms with Gasteiger partial charge in [-0.15, -0.1) is 0 Å². The molecule has 0 spiro atoms. The van der Waals surface area contributed by atoms with Gasteiger partial charge in [0.25, 0.3) is 5.56 Å². The maximum absolute atomic E-state index is 12.4. The van der Waals surface area contributed by atoms with Crippen LogP contribution in [-0.2, 0) is 0 Å². The average molecular weight is 327 g/mol. The van der Waals surface area contributed by atoms with E-state index < -0.39 is 17.7 Å². The van der Waals surface area contributed by atoms with Crippen molar-refractivity contribution in [3.05, 3.63) is 51.9 Å². The molecule has 1 aliphatic heterocycles. The van der Waals surface area contributed by atoms with Crippen molar-refractivity contribution in [2.75, 3.05) is 0 Å². The van der Waals surface area contributed by atoms with E-state index in [9.17, 15) is 9.90 Å². The second-order valence-electron chi connectivity index (χ2n) is 6.69. The van der Waals surface area contributed by atoms with Gasteiger partial charge in [0.05, 0.1) is 6.04 Å². The number of aryl methyl sites for hydroxylation is 1. The summed E-state index contributed by atoms with van der Waals surface area (Å²) in [7, 11) is 0. The minimum Gasteiger partial charge on any atom is -0.485 e. The normalized spacial score (nSPS) is 22.2. The van der Waals surface area contributed by atoms with E-state index >= 15 is 0 Å². The van der Waals surface area contributed by atoms with Crippen LogP contribution < -0.4 is 10.3 Å². The molecule has 3 aromatic rings. The van der Waals surface area contributed by atoms with E-state index in [0.717, 1.165) is 5.56 Å². The Kier molecular flexibility index (Phi) is 3.05. The van der Waals surface area contributed by atoms with Gasteiger partial charge in [-0.2, -0.15) is 0 Å². The van der Waals surface area contributed by atoms with Crippen molar-refractivity contribution in [1.82, 2.24) is 14.9 Å². The summed E-state index contributed by atoms with van der Waals surface area (Å²) >= 11 is 0. The van der Waals surface area contributed by atoms with Crippen LogP contribution in [0.5, 0.6) is 5.75 Å². The Hall–Kier alpha value is -2.67. The number of hydrogen-bond donors (Lipinski definition) is 1. The average Bonchev–Trinajstić information content (AvgIpc) is 2.96. The zero-order chi connectivity index (χ0) is 17.1. The number of hydrogen-bond acceptors (Lipinski definition) is 6. The SMILES string of the molecule is Cc1ccc(=O)n(C2c3cc4nonc4cc3OC(C)(C)C2O)c1. The van der Waals surface area contributed by atoms with Crippen LogP contribution in [0.4, 0.5) is 0 Å². The van der Waals surface area contributed by atoms with Crippen LogP contribution in [0, 0.1) is 6.92 Å². The maximum Gasteiger partial charge on any atom is 0.251 e. The van der Waals surface area contributed by atoms with Crippen molar-refractivity contribution in [1.29, 1.82) is 0 Å². The molecule has 1 aromatic carbocycles. The Morgan fingerprint density at radius 3 is 2.67 bits per heavy atom. The van der Waals surface area contributed by atoms with Crippen LogP contribution in [0.15, 0.2) is 39.9 Å². The van der Waals surface area contributed by atoms with Crippen molar-refractivity contribution in [3.63, 3.8) is 0 Å². The molecule has 3 heterocycles. The second-order valence-corrected chi connectivity index (χ2v) is 6.69. The number of pyridine rings is 1. The highest BCUT2D eigenvalue weighted by molar-refractivity contribution is 5.77. The van der Waals surface area contributed by atoms with E-state index in [0.29, 0.717) is 22.3 Å². The van der Waals surface area contributed by atoms with Crippen molar-refractivity contribution in [2.45, 2.75) is 38.5 Å². The predicted molar refractivity (Wildman–Crippen MR) is 86.1 cm³/mol. The van der Waals surface area contributed by atoms with Crippen molar-refractivity contribution in [2.24, 2.45) is 0 Å². The van der Waals surface area contributed by atoms with Gasteiger partial charge < -0.3 is 14.4 Å². The number of nitrogens with zero attached hydrogens (tertiary/aromatic N) is 3. The molecular weight excluding hydrogens is 310 g/mol. The number of ether oxygens (including phenoxy) is 1. The minimum atomic E-state index is -0.915. The number of aromatic nitrogens is 3. The lowest BCUT2D eigenvalue weighted by atomic mass is 9.86. The first kappa shape index (κ1) is 14.9. The molecule has 0 bridgehead atoms. The van der Waals surface area contributed by atoms with Crippen LogP contribution in [0.25, 0.3) is 11.0 Å².